The van der Waals surface area contributed by atoms with Gasteiger partial charge in [0.05, 0.1) is 11.1 Å². The lowest BCUT2D eigenvalue weighted by molar-refractivity contribution is -0.141. The van der Waals surface area contributed by atoms with Crippen LogP contribution in [0.4, 0.5) is 4.79 Å². The van der Waals surface area contributed by atoms with Gasteiger partial charge in [-0.2, -0.15) is 0 Å². The number of primary sulfonamides is 1. The van der Waals surface area contributed by atoms with Gasteiger partial charge >= 0.3 is 12.0 Å². The SMILES string of the molecule is CC(C)C1SCC(C(=O)O)N1C(=O)NCCS(N)(=O)=O. The van der Waals surface area contributed by atoms with Crippen LogP contribution >= 0.6 is 11.8 Å². The van der Waals surface area contributed by atoms with Crippen molar-refractivity contribution in [2.45, 2.75) is 25.3 Å². The molecule has 116 valence electrons. The molecule has 0 aliphatic carbocycles. The molecule has 0 saturated carbocycles. The minimum absolute atomic E-state index is 0.0911. The molecular formula is C10H19N3O5S2. The number of nitrogens with two attached hydrogens (primary N) is 1. The second kappa shape index (κ2) is 6.64. The Labute approximate surface area is 122 Å². The van der Waals surface area contributed by atoms with E-state index in [2.05, 4.69) is 5.32 Å². The highest BCUT2D eigenvalue weighted by Gasteiger charge is 2.42. The Bertz CT molecular complexity index is 479. The van der Waals surface area contributed by atoms with Gasteiger partial charge in [-0.25, -0.2) is 23.1 Å². The smallest absolute Gasteiger partial charge is 0.327 e. The van der Waals surface area contributed by atoms with Crippen LogP contribution < -0.4 is 10.5 Å². The van der Waals surface area contributed by atoms with Gasteiger partial charge in [-0.3, -0.25) is 4.90 Å². The molecule has 10 heteroatoms. The maximum Gasteiger partial charge on any atom is 0.327 e. The zero-order chi connectivity index (χ0) is 15.5. The average Bonchev–Trinajstić information content (AvgIpc) is 2.71. The first-order valence-electron chi connectivity index (χ1n) is 6.04. The number of aliphatic carboxylic acids is 1. The number of thioether (sulfide) groups is 1. The minimum atomic E-state index is -3.66. The molecule has 1 fully saturated rings. The second-order valence-corrected chi connectivity index (χ2v) is 7.71. The Hall–Kier alpha value is -1.00. The van der Waals surface area contributed by atoms with Gasteiger partial charge < -0.3 is 10.4 Å². The van der Waals surface area contributed by atoms with Crippen molar-refractivity contribution in [2.24, 2.45) is 11.1 Å². The lowest BCUT2D eigenvalue weighted by atomic mass is 10.2. The van der Waals surface area contributed by atoms with E-state index in [-0.39, 0.29) is 23.6 Å². The minimum Gasteiger partial charge on any atom is -0.480 e. The number of carboxylic acid groups (broad SMARTS) is 1. The van der Waals surface area contributed by atoms with Crippen molar-refractivity contribution in [3.05, 3.63) is 0 Å². The first kappa shape index (κ1) is 17.1. The second-order valence-electron chi connectivity index (χ2n) is 4.83. The van der Waals surface area contributed by atoms with Crippen LogP contribution in [0, 0.1) is 5.92 Å². The molecule has 20 heavy (non-hydrogen) atoms. The summed E-state index contributed by atoms with van der Waals surface area (Å²) in [5.41, 5.74) is 0. The molecule has 2 amide bonds. The maximum atomic E-state index is 12.1. The maximum absolute atomic E-state index is 12.1. The van der Waals surface area contributed by atoms with Gasteiger partial charge in [-0.05, 0) is 5.92 Å². The highest BCUT2D eigenvalue weighted by atomic mass is 32.2. The molecule has 0 spiro atoms. The van der Waals surface area contributed by atoms with E-state index in [9.17, 15) is 18.0 Å². The molecule has 2 atom stereocenters. The predicted octanol–water partition coefficient (Wildman–Crippen LogP) is -0.531. The number of nitrogens with zero attached hydrogens (tertiary/aromatic N) is 1. The van der Waals surface area contributed by atoms with E-state index in [0.717, 1.165) is 0 Å². The van der Waals surface area contributed by atoms with Crippen LogP contribution in [0.25, 0.3) is 0 Å². The Balaban J connectivity index is 2.72. The molecule has 1 heterocycles. The topological polar surface area (TPSA) is 130 Å². The van der Waals surface area contributed by atoms with Gasteiger partial charge in [0.25, 0.3) is 0 Å². The molecule has 0 aromatic heterocycles. The Morgan fingerprint density at radius 2 is 2.10 bits per heavy atom. The number of carbonyl (C=O) groups excluding carboxylic acids is 1. The van der Waals surface area contributed by atoms with Crippen molar-refractivity contribution in [3.8, 4) is 0 Å². The number of amides is 2. The van der Waals surface area contributed by atoms with Gasteiger partial charge in [-0.1, -0.05) is 13.8 Å². The van der Waals surface area contributed by atoms with Gasteiger partial charge in [0.15, 0.2) is 0 Å². The number of carbonyl (C=O) groups is 2. The van der Waals surface area contributed by atoms with Gasteiger partial charge in [0.1, 0.15) is 6.04 Å². The molecule has 1 rings (SSSR count). The molecule has 1 aliphatic rings. The monoisotopic (exact) mass is 325 g/mol. The highest BCUT2D eigenvalue weighted by Crippen LogP contribution is 2.33. The van der Waals surface area contributed by atoms with E-state index >= 15 is 0 Å². The van der Waals surface area contributed by atoms with Crippen LogP contribution in [-0.4, -0.2) is 59.9 Å². The number of carboxylic acids is 1. The van der Waals surface area contributed by atoms with Crippen molar-refractivity contribution in [2.75, 3.05) is 18.1 Å². The highest BCUT2D eigenvalue weighted by molar-refractivity contribution is 8.00. The Kier molecular flexibility index (Phi) is 5.66. The van der Waals surface area contributed by atoms with Gasteiger partial charge in [0.2, 0.25) is 10.0 Å². The fourth-order valence-corrected chi connectivity index (χ4v) is 3.74. The van der Waals surface area contributed by atoms with Crippen molar-refractivity contribution in [3.63, 3.8) is 0 Å². The Morgan fingerprint density at radius 3 is 2.55 bits per heavy atom. The summed E-state index contributed by atoms with van der Waals surface area (Å²) in [5, 5.41) is 16.1. The number of hydrogen-bond donors (Lipinski definition) is 3. The molecule has 4 N–H and O–H groups in total. The van der Waals surface area contributed by atoms with E-state index in [1.54, 1.807) is 0 Å². The molecular weight excluding hydrogens is 306 g/mol. The van der Waals surface area contributed by atoms with Gasteiger partial charge in [-0.15, -0.1) is 11.8 Å². The fraction of sp³-hybridized carbons (Fsp3) is 0.800. The van der Waals surface area contributed by atoms with E-state index in [0.29, 0.717) is 5.75 Å². The quantitative estimate of drug-likeness (QED) is 0.623. The van der Waals surface area contributed by atoms with E-state index < -0.39 is 28.1 Å². The molecule has 0 aromatic rings. The summed E-state index contributed by atoms with van der Waals surface area (Å²) in [6.07, 6.45) is 0. The zero-order valence-electron chi connectivity index (χ0n) is 11.3. The summed E-state index contributed by atoms with van der Waals surface area (Å²) in [4.78, 5) is 24.5. The van der Waals surface area contributed by atoms with E-state index in [4.69, 9.17) is 10.2 Å². The summed E-state index contributed by atoms with van der Waals surface area (Å²) in [7, 11) is -3.66. The third kappa shape index (κ3) is 4.53. The van der Waals surface area contributed by atoms with Gasteiger partial charge in [0, 0.05) is 12.3 Å². The molecule has 0 aromatic carbocycles. The van der Waals surface area contributed by atoms with Crippen LogP contribution in [0.15, 0.2) is 0 Å². The van der Waals surface area contributed by atoms with Crippen LogP contribution in [-0.2, 0) is 14.8 Å². The van der Waals surface area contributed by atoms with Crippen molar-refractivity contribution < 1.29 is 23.1 Å². The summed E-state index contributed by atoms with van der Waals surface area (Å²) < 4.78 is 21.6. The Morgan fingerprint density at radius 1 is 1.50 bits per heavy atom. The lowest BCUT2D eigenvalue weighted by Gasteiger charge is -2.29. The third-order valence-electron chi connectivity index (χ3n) is 2.79. The first-order chi connectivity index (χ1) is 9.13. The molecule has 1 saturated heterocycles. The summed E-state index contributed by atoms with van der Waals surface area (Å²) in [6, 6.07) is -1.48. The lowest BCUT2D eigenvalue weighted by Crippen LogP contribution is -2.52. The molecule has 0 bridgehead atoms. The third-order valence-corrected chi connectivity index (χ3v) is 5.18. The molecule has 0 radical (unpaired) electrons. The van der Waals surface area contributed by atoms with Crippen molar-refractivity contribution >= 4 is 33.8 Å². The first-order valence-corrected chi connectivity index (χ1v) is 8.81. The number of nitrogens with one attached hydrogen (secondary N) is 1. The number of sulfonamides is 1. The van der Waals surface area contributed by atoms with E-state index in [1.165, 1.54) is 16.7 Å². The number of rotatable bonds is 5. The molecule has 8 nitrogen and oxygen atoms in total. The standard InChI is InChI=1S/C10H19N3O5S2/c1-6(2)8-13(7(5-19-8)9(14)15)10(16)12-3-4-20(11,17)18/h6-8H,3-5H2,1-2H3,(H,12,16)(H,14,15)(H2,11,17,18). The van der Waals surface area contributed by atoms with Crippen molar-refractivity contribution in [1.82, 2.24) is 10.2 Å². The van der Waals surface area contributed by atoms with E-state index in [1.807, 2.05) is 13.8 Å². The van der Waals surface area contributed by atoms with Crippen LogP contribution in [0.3, 0.4) is 0 Å². The summed E-state index contributed by atoms with van der Waals surface area (Å²) >= 11 is 1.40. The zero-order valence-corrected chi connectivity index (χ0v) is 12.9. The molecule has 2 unspecified atom stereocenters. The largest absolute Gasteiger partial charge is 0.480 e. The predicted molar refractivity (Wildman–Crippen MR) is 75.7 cm³/mol. The summed E-state index contributed by atoms with van der Waals surface area (Å²) in [6.45, 7) is 3.65. The van der Waals surface area contributed by atoms with Crippen LogP contribution in [0.1, 0.15) is 13.8 Å². The van der Waals surface area contributed by atoms with Crippen molar-refractivity contribution in [1.29, 1.82) is 0 Å². The number of urea groups is 1. The van der Waals surface area contributed by atoms with Crippen LogP contribution in [0.5, 0.6) is 0 Å². The normalized spacial score (nSPS) is 23.1. The average molecular weight is 325 g/mol. The summed E-state index contributed by atoms with van der Waals surface area (Å²) in [5.74, 6) is -1.04. The van der Waals surface area contributed by atoms with Crippen LogP contribution in [0.2, 0.25) is 0 Å². The fourth-order valence-electron chi connectivity index (χ4n) is 1.88. The number of hydrogen-bond acceptors (Lipinski definition) is 5. The molecule has 1 aliphatic heterocycles.